The van der Waals surface area contributed by atoms with Crippen molar-refractivity contribution in [3.63, 3.8) is 0 Å². The quantitative estimate of drug-likeness (QED) is 0.713. The molecule has 0 saturated heterocycles. The Kier molecular flexibility index (Phi) is 3.15. The number of nitriles is 1. The number of rotatable bonds is 3. The Labute approximate surface area is 77.7 Å². The monoisotopic (exact) mass is 176 g/mol. The molecule has 1 aromatic rings. The van der Waals surface area contributed by atoms with E-state index in [-0.39, 0.29) is 0 Å². The third-order valence-electron chi connectivity index (χ3n) is 1.88. The highest BCUT2D eigenvalue weighted by atomic mass is 16.5. The van der Waals surface area contributed by atoms with Crippen molar-refractivity contribution in [1.82, 2.24) is 0 Å². The van der Waals surface area contributed by atoms with E-state index in [0.717, 1.165) is 11.3 Å². The predicted octanol–water partition coefficient (Wildman–Crippen LogP) is 1.73. The van der Waals surface area contributed by atoms with Crippen molar-refractivity contribution in [3.05, 3.63) is 23.8 Å². The van der Waals surface area contributed by atoms with Crippen LogP contribution in [0.2, 0.25) is 0 Å². The molecule has 0 aliphatic rings. The highest BCUT2D eigenvalue weighted by Gasteiger charge is 2.05. The normalized spacial score (nSPS) is 9.23. The van der Waals surface area contributed by atoms with Crippen LogP contribution in [0.5, 0.6) is 5.75 Å². The van der Waals surface area contributed by atoms with Gasteiger partial charge in [0.1, 0.15) is 5.75 Å². The van der Waals surface area contributed by atoms with E-state index in [2.05, 4.69) is 6.07 Å². The fraction of sp³-hybridized carbons (Fsp3) is 0.300. The molecule has 0 spiro atoms. The maximum absolute atomic E-state index is 8.45. The smallest absolute Gasteiger partial charge is 0.124 e. The molecule has 0 aliphatic carbocycles. The second kappa shape index (κ2) is 4.36. The number of benzene rings is 1. The molecule has 3 heteroatoms. The average molecular weight is 176 g/mol. The lowest BCUT2D eigenvalue weighted by atomic mass is 10.1. The van der Waals surface area contributed by atoms with Crippen molar-refractivity contribution >= 4 is 5.69 Å². The summed E-state index contributed by atoms with van der Waals surface area (Å²) in [7, 11) is 1.60. The summed E-state index contributed by atoms with van der Waals surface area (Å²) in [5, 5.41) is 8.45. The maximum Gasteiger partial charge on any atom is 0.124 e. The van der Waals surface area contributed by atoms with E-state index in [1.807, 2.05) is 18.2 Å². The van der Waals surface area contributed by atoms with E-state index < -0.39 is 0 Å². The average Bonchev–Trinajstić information content (AvgIpc) is 2.15. The number of hydrogen-bond donors (Lipinski definition) is 1. The Morgan fingerprint density at radius 3 is 2.92 bits per heavy atom. The molecule has 0 heterocycles. The summed E-state index contributed by atoms with van der Waals surface area (Å²) < 4.78 is 5.13. The third-order valence-corrected chi connectivity index (χ3v) is 1.88. The molecule has 68 valence electrons. The Balaban J connectivity index is 2.95. The van der Waals surface area contributed by atoms with Crippen molar-refractivity contribution < 1.29 is 4.74 Å². The molecule has 0 aliphatic heterocycles. The lowest BCUT2D eigenvalue weighted by Gasteiger charge is -2.08. The van der Waals surface area contributed by atoms with Gasteiger partial charge in [-0.1, -0.05) is 6.07 Å². The van der Waals surface area contributed by atoms with Crippen LogP contribution in [0, 0.1) is 11.3 Å². The molecular formula is C10H12N2O. The summed E-state index contributed by atoms with van der Waals surface area (Å²) in [4.78, 5) is 0. The Morgan fingerprint density at radius 1 is 1.54 bits per heavy atom. The Bertz CT molecular complexity index is 328. The van der Waals surface area contributed by atoms with Gasteiger partial charge in [-0.05, 0) is 18.6 Å². The molecule has 2 N–H and O–H groups in total. The number of nitrogen functional groups attached to an aromatic ring is 1. The minimum absolute atomic E-state index is 0.463. The first kappa shape index (κ1) is 9.40. The molecule has 13 heavy (non-hydrogen) atoms. The van der Waals surface area contributed by atoms with Crippen LogP contribution >= 0.6 is 0 Å². The Hall–Kier alpha value is -1.69. The highest BCUT2D eigenvalue weighted by Crippen LogP contribution is 2.25. The zero-order valence-corrected chi connectivity index (χ0v) is 7.58. The number of nitrogens with zero attached hydrogens (tertiary/aromatic N) is 1. The van der Waals surface area contributed by atoms with Crippen molar-refractivity contribution in [2.75, 3.05) is 12.8 Å². The summed E-state index contributed by atoms with van der Waals surface area (Å²) in [6.07, 6.45) is 1.11. The summed E-state index contributed by atoms with van der Waals surface area (Å²) in [5.74, 6) is 0.759. The van der Waals surface area contributed by atoms with E-state index in [9.17, 15) is 0 Å². The molecule has 3 nitrogen and oxygen atoms in total. The third kappa shape index (κ3) is 2.12. The molecule has 0 amide bonds. The highest BCUT2D eigenvalue weighted by molar-refractivity contribution is 5.54. The standard InChI is InChI=1S/C10H12N2O/c1-13-10-6-2-5-9(12)8(10)4-3-7-11/h2,5-6H,3-4,12H2,1H3. The maximum atomic E-state index is 8.45. The molecule has 1 rings (SSSR count). The van der Waals surface area contributed by atoms with Gasteiger partial charge in [-0.3, -0.25) is 0 Å². The second-order valence-corrected chi connectivity index (χ2v) is 2.69. The molecular weight excluding hydrogens is 164 g/mol. The van der Waals surface area contributed by atoms with Gasteiger partial charge in [-0.15, -0.1) is 0 Å². The van der Waals surface area contributed by atoms with Crippen LogP contribution in [0.3, 0.4) is 0 Å². The van der Waals surface area contributed by atoms with Gasteiger partial charge < -0.3 is 10.5 Å². The Morgan fingerprint density at radius 2 is 2.31 bits per heavy atom. The summed E-state index contributed by atoms with van der Waals surface area (Å²) in [6, 6.07) is 7.59. The first-order valence-corrected chi connectivity index (χ1v) is 4.08. The van der Waals surface area contributed by atoms with Gasteiger partial charge in [0.15, 0.2) is 0 Å². The number of ether oxygens (including phenoxy) is 1. The molecule has 0 atom stereocenters. The lowest BCUT2D eigenvalue weighted by Crippen LogP contribution is -1.97. The molecule has 0 bridgehead atoms. The predicted molar refractivity (Wildman–Crippen MR) is 51.3 cm³/mol. The fourth-order valence-electron chi connectivity index (χ4n) is 1.22. The van der Waals surface area contributed by atoms with Crippen molar-refractivity contribution in [2.24, 2.45) is 0 Å². The lowest BCUT2D eigenvalue weighted by molar-refractivity contribution is 0.410. The molecule has 0 unspecified atom stereocenters. The first-order valence-electron chi connectivity index (χ1n) is 4.08. The minimum Gasteiger partial charge on any atom is -0.496 e. The van der Waals surface area contributed by atoms with E-state index in [1.165, 1.54) is 0 Å². The van der Waals surface area contributed by atoms with Crippen LogP contribution in [0.1, 0.15) is 12.0 Å². The van der Waals surface area contributed by atoms with Crippen LogP contribution in [-0.2, 0) is 6.42 Å². The second-order valence-electron chi connectivity index (χ2n) is 2.69. The minimum atomic E-state index is 0.463. The number of nitrogens with two attached hydrogens (primary N) is 1. The SMILES string of the molecule is COc1cccc(N)c1CCC#N. The summed E-state index contributed by atoms with van der Waals surface area (Å²) in [5.41, 5.74) is 7.36. The fourth-order valence-corrected chi connectivity index (χ4v) is 1.22. The number of anilines is 1. The van der Waals surface area contributed by atoms with E-state index >= 15 is 0 Å². The van der Waals surface area contributed by atoms with Crippen LogP contribution < -0.4 is 10.5 Å². The van der Waals surface area contributed by atoms with Gasteiger partial charge in [0.05, 0.1) is 13.2 Å². The number of hydrogen-bond acceptors (Lipinski definition) is 3. The van der Waals surface area contributed by atoms with E-state index in [4.69, 9.17) is 15.7 Å². The van der Waals surface area contributed by atoms with Crippen LogP contribution in [0.15, 0.2) is 18.2 Å². The van der Waals surface area contributed by atoms with Gasteiger partial charge in [0, 0.05) is 17.7 Å². The van der Waals surface area contributed by atoms with Crippen LogP contribution in [0.25, 0.3) is 0 Å². The topological polar surface area (TPSA) is 59.0 Å². The van der Waals surface area contributed by atoms with Gasteiger partial charge in [0.25, 0.3) is 0 Å². The van der Waals surface area contributed by atoms with E-state index in [0.29, 0.717) is 18.5 Å². The molecule has 0 radical (unpaired) electrons. The zero-order chi connectivity index (χ0) is 9.68. The van der Waals surface area contributed by atoms with Crippen molar-refractivity contribution in [2.45, 2.75) is 12.8 Å². The molecule has 0 fully saturated rings. The molecule has 0 saturated carbocycles. The summed E-state index contributed by atoms with van der Waals surface area (Å²) in [6.45, 7) is 0. The molecule has 0 aromatic heterocycles. The van der Waals surface area contributed by atoms with Gasteiger partial charge in [-0.25, -0.2) is 0 Å². The van der Waals surface area contributed by atoms with Crippen molar-refractivity contribution in [1.29, 1.82) is 5.26 Å². The van der Waals surface area contributed by atoms with Crippen LogP contribution in [0.4, 0.5) is 5.69 Å². The molecule has 1 aromatic carbocycles. The van der Waals surface area contributed by atoms with Crippen LogP contribution in [-0.4, -0.2) is 7.11 Å². The zero-order valence-electron chi connectivity index (χ0n) is 7.58. The van der Waals surface area contributed by atoms with Crippen molar-refractivity contribution in [3.8, 4) is 11.8 Å². The van der Waals surface area contributed by atoms with E-state index in [1.54, 1.807) is 7.11 Å². The van der Waals surface area contributed by atoms with Gasteiger partial charge >= 0.3 is 0 Å². The first-order chi connectivity index (χ1) is 6.29. The largest absolute Gasteiger partial charge is 0.496 e. The van der Waals surface area contributed by atoms with Gasteiger partial charge in [-0.2, -0.15) is 5.26 Å². The summed E-state index contributed by atoms with van der Waals surface area (Å²) >= 11 is 0. The van der Waals surface area contributed by atoms with Gasteiger partial charge in [0.2, 0.25) is 0 Å². The number of methoxy groups -OCH3 is 1.